The smallest absolute Gasteiger partial charge is 0.256 e. The van der Waals surface area contributed by atoms with Gasteiger partial charge in [-0.1, -0.05) is 19.3 Å². The van der Waals surface area contributed by atoms with Crippen molar-refractivity contribution in [2.24, 2.45) is 5.73 Å². The second-order valence-electron chi connectivity index (χ2n) is 9.20. The molecular formula is C23H37N5O2. The number of piperidine rings is 1. The predicted molar refractivity (Wildman–Crippen MR) is 119 cm³/mol. The van der Waals surface area contributed by atoms with Gasteiger partial charge in [0.05, 0.1) is 17.8 Å². The standard InChI is InChI=1S/C23H37N5O2/c1-15(24)25-23(29)18-13-16-7-6-10-19(16)27-22(18)28-12-11-20(21(14-28)30-2)26-17-8-4-3-5-9-17/h13,15,17,20-21,26H,3-12,14,24H2,1-2H3,(H,25,29). The summed E-state index contributed by atoms with van der Waals surface area (Å²) in [5.41, 5.74) is 8.81. The number of methoxy groups -OCH3 is 1. The predicted octanol–water partition coefficient (Wildman–Crippen LogP) is 2.12. The molecule has 1 amide bonds. The number of aryl methyl sites for hydroxylation is 2. The first-order valence-corrected chi connectivity index (χ1v) is 11.7. The Kier molecular flexibility index (Phi) is 6.91. The van der Waals surface area contributed by atoms with Crippen molar-refractivity contribution in [2.45, 2.75) is 89.1 Å². The number of nitrogens with zero attached hydrogens (tertiary/aromatic N) is 2. The zero-order chi connectivity index (χ0) is 21.1. The molecule has 1 aromatic heterocycles. The highest BCUT2D eigenvalue weighted by atomic mass is 16.5. The van der Waals surface area contributed by atoms with Crippen LogP contribution in [0.15, 0.2) is 6.07 Å². The quantitative estimate of drug-likeness (QED) is 0.617. The number of anilines is 1. The lowest BCUT2D eigenvalue weighted by Crippen LogP contribution is -2.56. The minimum absolute atomic E-state index is 0.0834. The van der Waals surface area contributed by atoms with E-state index in [2.05, 4.69) is 15.5 Å². The Balaban J connectivity index is 1.52. The molecule has 3 aliphatic rings. The van der Waals surface area contributed by atoms with Crippen molar-refractivity contribution in [3.63, 3.8) is 0 Å². The lowest BCUT2D eigenvalue weighted by atomic mass is 9.92. The first-order chi connectivity index (χ1) is 14.5. The first-order valence-electron chi connectivity index (χ1n) is 11.7. The maximum atomic E-state index is 12.9. The third-order valence-corrected chi connectivity index (χ3v) is 6.85. The van der Waals surface area contributed by atoms with Crippen LogP contribution in [0.25, 0.3) is 0 Å². The van der Waals surface area contributed by atoms with Crippen molar-refractivity contribution in [1.29, 1.82) is 0 Å². The van der Waals surface area contributed by atoms with Crippen LogP contribution in [0.2, 0.25) is 0 Å². The van der Waals surface area contributed by atoms with Gasteiger partial charge in [0, 0.05) is 38.0 Å². The van der Waals surface area contributed by atoms with Crippen LogP contribution in [0.1, 0.15) is 73.5 Å². The van der Waals surface area contributed by atoms with E-state index in [9.17, 15) is 4.79 Å². The monoisotopic (exact) mass is 415 g/mol. The average Bonchev–Trinajstić information content (AvgIpc) is 3.21. The fourth-order valence-corrected chi connectivity index (χ4v) is 5.26. The number of carbonyl (C=O) groups is 1. The number of ether oxygens (including phenoxy) is 1. The zero-order valence-corrected chi connectivity index (χ0v) is 18.5. The van der Waals surface area contributed by atoms with E-state index >= 15 is 0 Å². The number of hydrogen-bond donors (Lipinski definition) is 3. The molecule has 30 heavy (non-hydrogen) atoms. The van der Waals surface area contributed by atoms with Crippen molar-refractivity contribution in [1.82, 2.24) is 15.6 Å². The molecule has 0 radical (unpaired) electrons. The Morgan fingerprint density at radius 3 is 2.77 bits per heavy atom. The highest BCUT2D eigenvalue weighted by Gasteiger charge is 2.34. The number of rotatable bonds is 6. The summed E-state index contributed by atoms with van der Waals surface area (Å²) >= 11 is 0. The molecule has 7 heteroatoms. The van der Waals surface area contributed by atoms with E-state index in [1.54, 1.807) is 14.0 Å². The minimum Gasteiger partial charge on any atom is -0.378 e. The fraction of sp³-hybridized carbons (Fsp3) is 0.739. The number of hydrogen-bond acceptors (Lipinski definition) is 6. The van der Waals surface area contributed by atoms with Crippen LogP contribution in [0.3, 0.4) is 0 Å². The van der Waals surface area contributed by atoms with Gasteiger partial charge in [-0.15, -0.1) is 0 Å². The number of amides is 1. The third kappa shape index (κ3) is 4.79. The highest BCUT2D eigenvalue weighted by molar-refractivity contribution is 5.99. The van der Waals surface area contributed by atoms with Crippen LogP contribution >= 0.6 is 0 Å². The number of aromatic nitrogens is 1. The van der Waals surface area contributed by atoms with E-state index in [0.717, 1.165) is 50.3 Å². The molecule has 4 rings (SSSR count). The maximum Gasteiger partial charge on any atom is 0.256 e. The first kappa shape index (κ1) is 21.5. The second kappa shape index (κ2) is 9.62. The van der Waals surface area contributed by atoms with Crippen LogP contribution in [0.5, 0.6) is 0 Å². The zero-order valence-electron chi connectivity index (χ0n) is 18.5. The molecule has 0 aromatic carbocycles. The van der Waals surface area contributed by atoms with E-state index in [1.807, 2.05) is 6.07 Å². The summed E-state index contributed by atoms with van der Waals surface area (Å²) in [5.74, 6) is 0.644. The molecular weight excluding hydrogens is 378 g/mol. The lowest BCUT2D eigenvalue weighted by Gasteiger charge is -2.41. The van der Waals surface area contributed by atoms with Gasteiger partial charge in [0.1, 0.15) is 5.82 Å². The molecule has 0 spiro atoms. The Morgan fingerprint density at radius 2 is 2.03 bits per heavy atom. The van der Waals surface area contributed by atoms with E-state index < -0.39 is 6.17 Å². The molecule has 1 aromatic rings. The second-order valence-corrected chi connectivity index (χ2v) is 9.20. The minimum atomic E-state index is -0.393. The summed E-state index contributed by atoms with van der Waals surface area (Å²) in [7, 11) is 1.80. The molecule has 2 aliphatic carbocycles. The van der Waals surface area contributed by atoms with Crippen molar-refractivity contribution in [3.8, 4) is 0 Å². The molecule has 0 bridgehead atoms. The molecule has 2 fully saturated rings. The number of nitrogens with one attached hydrogen (secondary N) is 2. The van der Waals surface area contributed by atoms with Crippen molar-refractivity contribution in [2.75, 3.05) is 25.1 Å². The molecule has 4 N–H and O–H groups in total. The summed E-state index contributed by atoms with van der Waals surface area (Å²) < 4.78 is 5.90. The van der Waals surface area contributed by atoms with E-state index in [-0.39, 0.29) is 12.0 Å². The van der Waals surface area contributed by atoms with Crippen molar-refractivity contribution >= 4 is 11.7 Å². The number of pyridine rings is 1. The summed E-state index contributed by atoms with van der Waals surface area (Å²) in [6.45, 7) is 3.39. The SMILES string of the molecule is COC1CN(c2nc3c(cc2C(=O)NC(C)N)CCC3)CCC1NC1CCCCC1. The Morgan fingerprint density at radius 1 is 1.23 bits per heavy atom. The maximum absolute atomic E-state index is 12.9. The van der Waals surface area contributed by atoms with Gasteiger partial charge in [-0.25, -0.2) is 4.98 Å². The summed E-state index contributed by atoms with van der Waals surface area (Å²) in [4.78, 5) is 20.1. The molecule has 1 aliphatic heterocycles. The Labute approximate surface area is 180 Å². The number of nitrogens with two attached hydrogens (primary N) is 1. The number of carbonyl (C=O) groups excluding carboxylic acids is 1. The van der Waals surface area contributed by atoms with Crippen LogP contribution in [-0.4, -0.2) is 55.4 Å². The van der Waals surface area contributed by atoms with E-state index in [1.165, 1.54) is 37.7 Å². The molecule has 7 nitrogen and oxygen atoms in total. The van der Waals surface area contributed by atoms with Gasteiger partial charge in [-0.2, -0.15) is 0 Å². The van der Waals surface area contributed by atoms with Crippen molar-refractivity contribution in [3.05, 3.63) is 22.9 Å². The highest BCUT2D eigenvalue weighted by Crippen LogP contribution is 2.30. The van der Waals surface area contributed by atoms with Gasteiger partial charge in [0.15, 0.2) is 0 Å². The molecule has 166 valence electrons. The lowest BCUT2D eigenvalue weighted by molar-refractivity contribution is 0.0533. The third-order valence-electron chi connectivity index (χ3n) is 6.85. The van der Waals surface area contributed by atoms with Gasteiger partial charge in [0.2, 0.25) is 0 Å². The van der Waals surface area contributed by atoms with Gasteiger partial charge < -0.3 is 26.0 Å². The molecule has 2 heterocycles. The van der Waals surface area contributed by atoms with Crippen molar-refractivity contribution < 1.29 is 9.53 Å². The van der Waals surface area contributed by atoms with Gasteiger partial charge in [-0.05, 0) is 57.1 Å². The van der Waals surface area contributed by atoms with E-state index in [0.29, 0.717) is 17.6 Å². The van der Waals surface area contributed by atoms with E-state index in [4.69, 9.17) is 15.5 Å². The van der Waals surface area contributed by atoms with Gasteiger partial charge in [0.25, 0.3) is 5.91 Å². The fourth-order valence-electron chi connectivity index (χ4n) is 5.26. The Bertz CT molecular complexity index is 747. The summed E-state index contributed by atoms with van der Waals surface area (Å²) in [6.07, 6.45) is 10.3. The van der Waals surface area contributed by atoms with Crippen LogP contribution < -0.4 is 21.3 Å². The van der Waals surface area contributed by atoms with Crippen LogP contribution in [0.4, 0.5) is 5.82 Å². The molecule has 1 saturated carbocycles. The molecule has 3 unspecified atom stereocenters. The number of fused-ring (bicyclic) bond motifs is 1. The van der Waals surface area contributed by atoms with Gasteiger partial charge >= 0.3 is 0 Å². The summed E-state index contributed by atoms with van der Waals surface area (Å²) in [5, 5.41) is 6.71. The average molecular weight is 416 g/mol. The topological polar surface area (TPSA) is 92.5 Å². The summed E-state index contributed by atoms with van der Waals surface area (Å²) in [6, 6.07) is 3.00. The molecule has 1 saturated heterocycles. The van der Waals surface area contributed by atoms with Crippen LogP contribution in [-0.2, 0) is 17.6 Å². The largest absolute Gasteiger partial charge is 0.378 e. The molecule has 3 atom stereocenters. The normalized spacial score (nSPS) is 25.8. The van der Waals surface area contributed by atoms with Gasteiger partial charge in [-0.3, -0.25) is 4.79 Å². The Hall–Kier alpha value is -1.70. The van der Waals surface area contributed by atoms with Crippen LogP contribution in [0, 0.1) is 0 Å².